The van der Waals surface area contributed by atoms with Crippen LogP contribution < -0.4 is 4.90 Å². The van der Waals surface area contributed by atoms with Crippen molar-refractivity contribution in [2.45, 2.75) is 57.5 Å². The molecule has 0 radical (unpaired) electrons. The summed E-state index contributed by atoms with van der Waals surface area (Å²) in [5.74, 6) is 0.627. The van der Waals surface area contributed by atoms with Crippen molar-refractivity contribution in [1.82, 2.24) is 9.80 Å². The first-order chi connectivity index (χ1) is 17.0. The molecule has 3 fully saturated rings. The second-order valence-electron chi connectivity index (χ2n) is 10.00. The zero-order valence-corrected chi connectivity index (χ0v) is 20.8. The van der Waals surface area contributed by atoms with Gasteiger partial charge in [-0.3, -0.25) is 24.2 Å². The number of hydrogen-bond donors (Lipinski definition) is 0. The zero-order chi connectivity index (χ0) is 24.4. The van der Waals surface area contributed by atoms with Crippen LogP contribution in [-0.2, 0) is 27.3 Å². The van der Waals surface area contributed by atoms with Gasteiger partial charge in [-0.1, -0.05) is 35.9 Å². The molecule has 7 heteroatoms. The van der Waals surface area contributed by atoms with Crippen LogP contribution in [0.2, 0.25) is 5.02 Å². The number of nitrogens with zero attached hydrogens (tertiary/aromatic N) is 3. The van der Waals surface area contributed by atoms with Crippen LogP contribution in [-0.4, -0.2) is 53.2 Å². The summed E-state index contributed by atoms with van der Waals surface area (Å²) in [5.41, 5.74) is 3.10. The number of piperidine rings is 1. The predicted molar refractivity (Wildman–Crippen MR) is 136 cm³/mol. The topological polar surface area (TPSA) is 60.9 Å². The Labute approximate surface area is 211 Å². The number of anilines is 1. The van der Waals surface area contributed by atoms with E-state index < -0.39 is 0 Å². The molecule has 0 unspecified atom stereocenters. The lowest BCUT2D eigenvalue weighted by atomic mass is 9.90. The minimum Gasteiger partial charge on any atom is -0.312 e. The number of likely N-dealkylation sites (tertiary alicyclic amines) is 2. The number of carbonyl (C=O) groups is 3. The Morgan fingerprint density at radius 3 is 2.17 bits per heavy atom. The Balaban J connectivity index is 1.12. The summed E-state index contributed by atoms with van der Waals surface area (Å²) < 4.78 is 0. The Kier molecular flexibility index (Phi) is 7.21. The molecule has 3 heterocycles. The average molecular weight is 494 g/mol. The summed E-state index contributed by atoms with van der Waals surface area (Å²) in [7, 11) is 0. The molecule has 0 N–H and O–H groups in total. The second kappa shape index (κ2) is 10.5. The van der Waals surface area contributed by atoms with E-state index in [4.69, 9.17) is 11.6 Å². The van der Waals surface area contributed by atoms with Gasteiger partial charge in [0.2, 0.25) is 17.7 Å². The van der Waals surface area contributed by atoms with Crippen LogP contribution in [0.5, 0.6) is 0 Å². The zero-order valence-electron chi connectivity index (χ0n) is 20.0. The van der Waals surface area contributed by atoms with E-state index in [2.05, 4.69) is 17.0 Å². The fourth-order valence-corrected chi connectivity index (χ4v) is 5.70. The molecule has 1 atom stereocenters. The van der Waals surface area contributed by atoms with Gasteiger partial charge in [0.25, 0.3) is 0 Å². The first-order valence-corrected chi connectivity index (χ1v) is 13.1. The lowest BCUT2D eigenvalue weighted by Crippen LogP contribution is -2.45. The second-order valence-corrected chi connectivity index (χ2v) is 10.4. The monoisotopic (exact) mass is 493 g/mol. The number of rotatable bonds is 7. The van der Waals surface area contributed by atoms with Crippen molar-refractivity contribution in [2.24, 2.45) is 5.92 Å². The van der Waals surface area contributed by atoms with Gasteiger partial charge in [-0.25, -0.2) is 0 Å². The average Bonchev–Trinajstić information content (AvgIpc) is 3.42. The number of aryl methyl sites for hydroxylation is 1. The summed E-state index contributed by atoms with van der Waals surface area (Å²) in [4.78, 5) is 43.3. The van der Waals surface area contributed by atoms with Gasteiger partial charge in [0, 0.05) is 23.7 Å². The van der Waals surface area contributed by atoms with Gasteiger partial charge in [-0.2, -0.15) is 0 Å². The number of carbonyl (C=O) groups excluding carboxylic acids is 3. The van der Waals surface area contributed by atoms with Gasteiger partial charge in [-0.15, -0.1) is 0 Å². The molecular weight excluding hydrogens is 462 g/mol. The van der Waals surface area contributed by atoms with Gasteiger partial charge in [0.1, 0.15) is 0 Å². The van der Waals surface area contributed by atoms with Gasteiger partial charge in [0.15, 0.2) is 0 Å². The molecule has 0 aromatic heterocycles. The highest BCUT2D eigenvalue weighted by atomic mass is 35.5. The minimum atomic E-state index is -0.332. The Bertz CT molecular complexity index is 1080. The van der Waals surface area contributed by atoms with Gasteiger partial charge in [-0.05, 0) is 86.5 Å². The fraction of sp³-hybridized carbons (Fsp3) is 0.464. The van der Waals surface area contributed by atoms with Crippen LogP contribution in [0.3, 0.4) is 0 Å². The van der Waals surface area contributed by atoms with E-state index in [1.807, 2.05) is 36.4 Å². The summed E-state index contributed by atoms with van der Waals surface area (Å²) >= 11 is 5.98. The van der Waals surface area contributed by atoms with E-state index in [1.165, 1.54) is 10.5 Å². The van der Waals surface area contributed by atoms with Gasteiger partial charge >= 0.3 is 0 Å². The lowest BCUT2D eigenvalue weighted by Gasteiger charge is -2.34. The smallest absolute Gasteiger partial charge is 0.247 e. The molecule has 2 aromatic rings. The number of halogens is 1. The Morgan fingerprint density at radius 2 is 1.51 bits per heavy atom. The molecule has 6 nitrogen and oxygen atoms in total. The predicted octanol–water partition coefficient (Wildman–Crippen LogP) is 4.44. The third kappa shape index (κ3) is 5.44. The number of amides is 3. The van der Waals surface area contributed by atoms with E-state index in [0.29, 0.717) is 18.9 Å². The number of hydrogen-bond acceptors (Lipinski definition) is 4. The van der Waals surface area contributed by atoms with E-state index >= 15 is 0 Å². The summed E-state index contributed by atoms with van der Waals surface area (Å²) in [6.45, 7) is 2.77. The van der Waals surface area contributed by atoms with E-state index in [0.717, 1.165) is 68.0 Å². The first kappa shape index (κ1) is 24.0. The van der Waals surface area contributed by atoms with Crippen LogP contribution in [0, 0.1) is 5.92 Å². The quantitative estimate of drug-likeness (QED) is 0.535. The van der Waals surface area contributed by atoms with Crippen molar-refractivity contribution in [1.29, 1.82) is 0 Å². The summed E-state index contributed by atoms with van der Waals surface area (Å²) in [5, 5.41) is 0.766. The summed E-state index contributed by atoms with van der Waals surface area (Å²) in [6, 6.07) is 15.4. The van der Waals surface area contributed by atoms with Crippen molar-refractivity contribution in [3.05, 3.63) is 64.7 Å². The molecule has 3 saturated heterocycles. The van der Waals surface area contributed by atoms with Gasteiger partial charge < -0.3 is 4.90 Å². The van der Waals surface area contributed by atoms with Crippen LogP contribution in [0.15, 0.2) is 48.5 Å². The SMILES string of the molecule is O=C1C[C@@H](N2CCC(CCc3ccc(Cl)cc3)CC2)C(=O)N1Cc1ccc(N2CCCC2=O)cc1. The third-order valence-corrected chi connectivity index (χ3v) is 7.98. The Morgan fingerprint density at radius 1 is 0.829 bits per heavy atom. The van der Waals surface area contributed by atoms with Crippen molar-refractivity contribution < 1.29 is 14.4 Å². The molecule has 0 spiro atoms. The highest BCUT2D eigenvalue weighted by Gasteiger charge is 2.42. The summed E-state index contributed by atoms with van der Waals surface area (Å²) in [6.07, 6.45) is 6.05. The van der Waals surface area contributed by atoms with E-state index in [9.17, 15) is 14.4 Å². The Hall–Kier alpha value is -2.70. The van der Waals surface area contributed by atoms with Gasteiger partial charge in [0.05, 0.1) is 19.0 Å². The minimum absolute atomic E-state index is 0.0755. The lowest BCUT2D eigenvalue weighted by molar-refractivity contribution is -0.140. The molecule has 3 amide bonds. The van der Waals surface area contributed by atoms with E-state index in [-0.39, 0.29) is 30.2 Å². The van der Waals surface area contributed by atoms with Crippen molar-refractivity contribution in [2.75, 3.05) is 24.5 Å². The molecule has 5 rings (SSSR count). The van der Waals surface area contributed by atoms with Crippen LogP contribution >= 0.6 is 11.6 Å². The molecule has 0 aliphatic carbocycles. The molecule has 0 saturated carbocycles. The normalized spacial score (nSPS) is 22.0. The largest absolute Gasteiger partial charge is 0.312 e. The molecular formula is C28H32ClN3O3. The van der Waals surface area contributed by atoms with Crippen molar-refractivity contribution >= 4 is 35.0 Å². The van der Waals surface area contributed by atoms with Crippen molar-refractivity contribution in [3.63, 3.8) is 0 Å². The fourth-order valence-electron chi connectivity index (χ4n) is 5.58. The van der Waals surface area contributed by atoms with Crippen LogP contribution in [0.1, 0.15) is 49.7 Å². The molecule has 0 bridgehead atoms. The van der Waals surface area contributed by atoms with E-state index in [1.54, 1.807) is 4.90 Å². The molecule has 2 aromatic carbocycles. The maximum Gasteiger partial charge on any atom is 0.247 e. The highest BCUT2D eigenvalue weighted by Crippen LogP contribution is 2.29. The standard InChI is InChI=1S/C28H32ClN3O3/c29-23-9-5-20(6-10-23)3-4-21-13-16-30(17-14-21)25-18-27(34)32(28(25)35)19-22-7-11-24(12-8-22)31-15-1-2-26(31)33/h5-12,21,25H,1-4,13-19H2/t25-/m1/s1. The first-order valence-electron chi connectivity index (χ1n) is 12.7. The van der Waals surface area contributed by atoms with Crippen LogP contribution in [0.25, 0.3) is 0 Å². The number of benzene rings is 2. The third-order valence-electron chi connectivity index (χ3n) is 7.73. The highest BCUT2D eigenvalue weighted by molar-refractivity contribution is 6.30. The van der Waals surface area contributed by atoms with Crippen LogP contribution in [0.4, 0.5) is 5.69 Å². The molecule has 3 aliphatic rings. The molecule has 3 aliphatic heterocycles. The molecule has 184 valence electrons. The maximum atomic E-state index is 13.2. The molecule has 35 heavy (non-hydrogen) atoms. The number of imide groups is 1. The maximum absolute atomic E-state index is 13.2. The van der Waals surface area contributed by atoms with Crippen molar-refractivity contribution in [3.8, 4) is 0 Å².